The lowest BCUT2D eigenvalue weighted by Crippen LogP contribution is -2.46. The van der Waals surface area contributed by atoms with E-state index in [1.54, 1.807) is 0 Å². The number of piperidine rings is 1. The summed E-state index contributed by atoms with van der Waals surface area (Å²) >= 11 is 0. The Balaban J connectivity index is 1.85. The minimum atomic E-state index is -1.09. The summed E-state index contributed by atoms with van der Waals surface area (Å²) in [6.07, 6.45) is 4.67. The van der Waals surface area contributed by atoms with Crippen molar-refractivity contribution in [3.63, 3.8) is 0 Å². The number of urea groups is 1. The van der Waals surface area contributed by atoms with Gasteiger partial charge in [-0.2, -0.15) is 0 Å². The molecule has 1 aliphatic heterocycles. The Bertz CT molecular complexity index is 455. The summed E-state index contributed by atoms with van der Waals surface area (Å²) in [5, 5.41) is 13.2. The van der Waals surface area contributed by atoms with Crippen molar-refractivity contribution in [1.82, 2.24) is 15.4 Å². The van der Waals surface area contributed by atoms with Crippen LogP contribution in [-0.4, -0.2) is 40.2 Å². The fourth-order valence-corrected chi connectivity index (χ4v) is 1.90. The minimum absolute atomic E-state index is 0.0537. The van der Waals surface area contributed by atoms with Crippen LogP contribution in [-0.2, 0) is 0 Å². The van der Waals surface area contributed by atoms with E-state index in [0.717, 1.165) is 25.9 Å². The summed E-state index contributed by atoms with van der Waals surface area (Å²) in [5.41, 5.74) is 3.15. The van der Waals surface area contributed by atoms with Crippen molar-refractivity contribution in [3.05, 3.63) is 24.0 Å². The number of anilines is 1. The molecule has 1 aliphatic rings. The van der Waals surface area contributed by atoms with Crippen LogP contribution in [0.2, 0.25) is 0 Å². The van der Waals surface area contributed by atoms with Gasteiger partial charge in [-0.15, -0.1) is 0 Å². The fraction of sp³-hybridized carbons (Fsp3) is 0.417. The number of hydrogen-bond donors (Lipinski definition) is 3. The van der Waals surface area contributed by atoms with Crippen LogP contribution < -0.4 is 10.7 Å². The number of amides is 2. The number of nitrogens with zero attached hydrogens (tertiary/aromatic N) is 2. The van der Waals surface area contributed by atoms with E-state index in [9.17, 15) is 9.59 Å². The van der Waals surface area contributed by atoms with Gasteiger partial charge in [-0.1, -0.05) is 6.42 Å². The first kappa shape index (κ1) is 13.3. The number of carbonyl (C=O) groups excluding carboxylic acids is 1. The first-order chi connectivity index (χ1) is 9.15. The number of pyridine rings is 1. The molecule has 2 heterocycles. The topological polar surface area (TPSA) is 94.6 Å². The highest BCUT2D eigenvalue weighted by Crippen LogP contribution is 2.08. The van der Waals surface area contributed by atoms with Crippen LogP contribution in [0.15, 0.2) is 18.3 Å². The second-order valence-electron chi connectivity index (χ2n) is 4.35. The van der Waals surface area contributed by atoms with Crippen LogP contribution >= 0.6 is 0 Å². The lowest BCUT2D eigenvalue weighted by Gasteiger charge is -2.26. The van der Waals surface area contributed by atoms with E-state index in [4.69, 9.17) is 5.11 Å². The third-order valence-electron chi connectivity index (χ3n) is 2.86. The van der Waals surface area contributed by atoms with Crippen LogP contribution in [0.1, 0.15) is 29.8 Å². The predicted molar refractivity (Wildman–Crippen MR) is 68.8 cm³/mol. The number of carboxylic acid groups (broad SMARTS) is 1. The van der Waals surface area contributed by atoms with Crippen LogP contribution in [0.4, 0.5) is 10.5 Å². The largest absolute Gasteiger partial charge is 0.477 e. The maximum Gasteiger partial charge on any atom is 0.354 e. The summed E-state index contributed by atoms with van der Waals surface area (Å²) in [6.45, 7) is 1.70. The molecule has 2 rings (SSSR count). The molecule has 0 saturated carbocycles. The van der Waals surface area contributed by atoms with E-state index in [0.29, 0.717) is 5.69 Å². The Morgan fingerprint density at radius 3 is 2.53 bits per heavy atom. The highest BCUT2D eigenvalue weighted by molar-refractivity contribution is 5.90. The van der Waals surface area contributed by atoms with Gasteiger partial charge in [0.2, 0.25) is 0 Å². The Hall–Kier alpha value is -2.15. The molecule has 7 nitrogen and oxygen atoms in total. The lowest BCUT2D eigenvalue weighted by molar-refractivity contribution is 0.0690. The Morgan fingerprint density at radius 2 is 1.95 bits per heavy atom. The number of aromatic carboxylic acids is 1. The first-order valence-electron chi connectivity index (χ1n) is 6.17. The van der Waals surface area contributed by atoms with E-state index in [-0.39, 0.29) is 11.7 Å². The number of nitrogens with one attached hydrogen (secondary N) is 2. The molecular formula is C12H16N4O3. The van der Waals surface area contributed by atoms with E-state index < -0.39 is 5.97 Å². The Labute approximate surface area is 110 Å². The van der Waals surface area contributed by atoms with Crippen molar-refractivity contribution in [3.8, 4) is 0 Å². The number of hydrogen-bond acceptors (Lipinski definition) is 4. The molecule has 0 bridgehead atoms. The highest BCUT2D eigenvalue weighted by atomic mass is 16.4. The van der Waals surface area contributed by atoms with Crippen LogP contribution in [0.5, 0.6) is 0 Å². The molecule has 0 unspecified atom stereocenters. The van der Waals surface area contributed by atoms with E-state index in [1.807, 2.05) is 5.01 Å². The molecule has 1 aromatic heterocycles. The second kappa shape index (κ2) is 6.14. The second-order valence-corrected chi connectivity index (χ2v) is 4.35. The van der Waals surface area contributed by atoms with Gasteiger partial charge in [-0.3, -0.25) is 5.43 Å². The van der Waals surface area contributed by atoms with Crippen molar-refractivity contribution in [2.45, 2.75) is 19.3 Å². The zero-order valence-corrected chi connectivity index (χ0v) is 10.4. The Morgan fingerprint density at radius 1 is 1.21 bits per heavy atom. The quantitative estimate of drug-likeness (QED) is 0.765. The normalized spacial score (nSPS) is 15.8. The third-order valence-corrected chi connectivity index (χ3v) is 2.86. The smallest absolute Gasteiger partial charge is 0.354 e. The number of rotatable bonds is 3. The molecule has 102 valence electrons. The van der Waals surface area contributed by atoms with Gasteiger partial charge in [0.15, 0.2) is 0 Å². The van der Waals surface area contributed by atoms with Crippen molar-refractivity contribution >= 4 is 17.7 Å². The standard InChI is InChI=1S/C12H16N4O3/c17-11(18)10-5-4-9(8-13-10)14-12(19)15-16-6-2-1-3-7-16/h4-5,8H,1-3,6-7H2,(H,17,18)(H2,14,15,19). The third kappa shape index (κ3) is 3.92. The summed E-state index contributed by atoms with van der Waals surface area (Å²) in [6, 6.07) is 2.51. The molecule has 3 N–H and O–H groups in total. The molecule has 7 heteroatoms. The summed E-state index contributed by atoms with van der Waals surface area (Å²) in [4.78, 5) is 26.0. The van der Waals surface area contributed by atoms with Crippen LogP contribution in [0.3, 0.4) is 0 Å². The van der Waals surface area contributed by atoms with Gasteiger partial charge in [0.1, 0.15) is 5.69 Å². The molecular weight excluding hydrogens is 248 g/mol. The molecule has 2 amide bonds. The SMILES string of the molecule is O=C(Nc1ccc(C(=O)O)nc1)NN1CCCCC1. The van der Waals surface area contributed by atoms with Crippen molar-refractivity contribution in [1.29, 1.82) is 0 Å². The van der Waals surface area contributed by atoms with Crippen molar-refractivity contribution in [2.24, 2.45) is 0 Å². The van der Waals surface area contributed by atoms with E-state index >= 15 is 0 Å². The van der Waals surface area contributed by atoms with Gasteiger partial charge in [0.05, 0.1) is 11.9 Å². The molecule has 0 spiro atoms. The van der Waals surface area contributed by atoms with Gasteiger partial charge in [-0.25, -0.2) is 19.6 Å². The Kier molecular flexibility index (Phi) is 4.30. The molecule has 0 aromatic carbocycles. The highest BCUT2D eigenvalue weighted by Gasteiger charge is 2.12. The molecule has 0 atom stereocenters. The van der Waals surface area contributed by atoms with Gasteiger partial charge >= 0.3 is 12.0 Å². The lowest BCUT2D eigenvalue weighted by atomic mass is 10.2. The zero-order chi connectivity index (χ0) is 13.7. The van der Waals surface area contributed by atoms with Gasteiger partial charge in [0.25, 0.3) is 0 Å². The van der Waals surface area contributed by atoms with E-state index in [2.05, 4.69) is 15.7 Å². The van der Waals surface area contributed by atoms with Crippen LogP contribution in [0, 0.1) is 0 Å². The number of aromatic nitrogens is 1. The molecule has 0 radical (unpaired) electrons. The molecule has 1 saturated heterocycles. The fourth-order valence-electron chi connectivity index (χ4n) is 1.90. The van der Waals surface area contributed by atoms with E-state index in [1.165, 1.54) is 24.8 Å². The monoisotopic (exact) mass is 264 g/mol. The minimum Gasteiger partial charge on any atom is -0.477 e. The average molecular weight is 264 g/mol. The van der Waals surface area contributed by atoms with Crippen molar-refractivity contribution < 1.29 is 14.7 Å². The number of carbonyl (C=O) groups is 2. The van der Waals surface area contributed by atoms with Gasteiger partial charge < -0.3 is 10.4 Å². The van der Waals surface area contributed by atoms with Gasteiger partial charge in [0, 0.05) is 13.1 Å². The predicted octanol–water partition coefficient (Wildman–Crippen LogP) is 1.30. The zero-order valence-electron chi connectivity index (χ0n) is 10.4. The summed E-state index contributed by atoms with van der Waals surface area (Å²) < 4.78 is 0. The maximum absolute atomic E-state index is 11.7. The van der Waals surface area contributed by atoms with Crippen LogP contribution in [0.25, 0.3) is 0 Å². The average Bonchev–Trinajstić information content (AvgIpc) is 2.40. The number of hydrazine groups is 1. The summed E-state index contributed by atoms with van der Waals surface area (Å²) in [7, 11) is 0. The van der Waals surface area contributed by atoms with Gasteiger partial charge in [-0.05, 0) is 25.0 Å². The summed E-state index contributed by atoms with van der Waals surface area (Å²) in [5.74, 6) is -1.09. The first-order valence-corrected chi connectivity index (χ1v) is 6.17. The maximum atomic E-state index is 11.7. The molecule has 1 fully saturated rings. The molecule has 0 aliphatic carbocycles. The molecule has 1 aromatic rings. The molecule has 19 heavy (non-hydrogen) atoms. The number of carboxylic acids is 1. The van der Waals surface area contributed by atoms with Crippen molar-refractivity contribution in [2.75, 3.05) is 18.4 Å².